The van der Waals surface area contributed by atoms with Crippen molar-refractivity contribution in [1.82, 2.24) is 14.2 Å². The van der Waals surface area contributed by atoms with Gasteiger partial charge in [0.05, 0.1) is 9.77 Å². The number of fused-ring (bicyclic) bond motifs is 1. The lowest BCUT2D eigenvalue weighted by molar-refractivity contribution is 0.0693. The molecule has 0 unspecified atom stereocenters. The number of hydrogen-bond donors (Lipinski definition) is 0. The minimum absolute atomic E-state index is 0.134. The number of aryl methyl sites for hydroxylation is 2. The van der Waals surface area contributed by atoms with Gasteiger partial charge in [-0.3, -0.25) is 4.79 Å². The first-order valence-electron chi connectivity index (χ1n) is 10.4. The monoisotopic (exact) mass is 473 g/mol. The molecule has 1 fully saturated rings. The molecule has 0 atom stereocenters. The van der Waals surface area contributed by atoms with Crippen LogP contribution in [0.5, 0.6) is 0 Å². The minimum atomic E-state index is -3.55. The molecule has 1 aliphatic carbocycles. The molecule has 0 saturated carbocycles. The van der Waals surface area contributed by atoms with E-state index in [2.05, 4.69) is 4.98 Å². The molecule has 3 heterocycles. The van der Waals surface area contributed by atoms with Gasteiger partial charge in [0, 0.05) is 31.6 Å². The molecule has 3 aromatic rings. The summed E-state index contributed by atoms with van der Waals surface area (Å²) in [5.41, 5.74) is 2.86. The Balaban J connectivity index is 1.26. The van der Waals surface area contributed by atoms with Gasteiger partial charge in [-0.1, -0.05) is 12.1 Å². The van der Waals surface area contributed by atoms with Gasteiger partial charge in [-0.25, -0.2) is 13.4 Å². The standard InChI is InChI=1S/C22H23N3O3S3/c26-22(19-15-30-21(23-19)20-6-3-13-29-20)24-9-11-25(12-10-24)31(27,28)18-8-7-16-4-1-2-5-17(16)14-18/h3,6-8,13-15H,1-2,4-5,9-12H2. The molecule has 6 nitrogen and oxygen atoms in total. The quantitative estimate of drug-likeness (QED) is 0.576. The molecule has 9 heteroatoms. The van der Waals surface area contributed by atoms with E-state index < -0.39 is 10.0 Å². The van der Waals surface area contributed by atoms with Crippen LogP contribution in [-0.2, 0) is 22.9 Å². The van der Waals surface area contributed by atoms with Crippen LogP contribution in [0.4, 0.5) is 0 Å². The predicted octanol–water partition coefficient (Wildman–Crippen LogP) is 3.90. The SMILES string of the molecule is O=C(c1csc(-c2cccs2)n1)N1CCN(S(=O)(=O)c2ccc3c(c2)CCCC3)CC1. The number of sulfonamides is 1. The third kappa shape index (κ3) is 4.07. The van der Waals surface area contributed by atoms with Crippen molar-refractivity contribution >= 4 is 38.6 Å². The zero-order valence-electron chi connectivity index (χ0n) is 17.0. The van der Waals surface area contributed by atoms with Crippen LogP contribution in [0.15, 0.2) is 46.0 Å². The van der Waals surface area contributed by atoms with Crippen molar-refractivity contribution in [3.63, 3.8) is 0 Å². The van der Waals surface area contributed by atoms with E-state index in [1.165, 1.54) is 27.6 Å². The Morgan fingerprint density at radius 2 is 1.74 bits per heavy atom. The average molecular weight is 474 g/mol. The van der Waals surface area contributed by atoms with E-state index in [9.17, 15) is 13.2 Å². The van der Waals surface area contributed by atoms with Crippen molar-refractivity contribution in [3.8, 4) is 9.88 Å². The Morgan fingerprint density at radius 1 is 0.968 bits per heavy atom. The van der Waals surface area contributed by atoms with Crippen LogP contribution in [0.3, 0.4) is 0 Å². The van der Waals surface area contributed by atoms with Crippen LogP contribution >= 0.6 is 22.7 Å². The second-order valence-corrected chi connectivity index (χ2v) is 11.6. The molecule has 0 N–H and O–H groups in total. The number of rotatable bonds is 4. The van der Waals surface area contributed by atoms with Gasteiger partial charge >= 0.3 is 0 Å². The lowest BCUT2D eigenvalue weighted by atomic mass is 9.92. The molecule has 0 bridgehead atoms. The number of piperazine rings is 1. The third-order valence-corrected chi connectivity index (χ3v) is 9.71. The molecule has 1 saturated heterocycles. The van der Waals surface area contributed by atoms with Crippen molar-refractivity contribution < 1.29 is 13.2 Å². The Morgan fingerprint density at radius 3 is 2.48 bits per heavy atom. The molecule has 0 spiro atoms. The number of aromatic nitrogens is 1. The molecule has 2 aliphatic rings. The molecular weight excluding hydrogens is 450 g/mol. The number of carbonyl (C=O) groups excluding carboxylic acids is 1. The minimum Gasteiger partial charge on any atom is -0.335 e. The van der Waals surface area contributed by atoms with Gasteiger partial charge in [0.1, 0.15) is 10.7 Å². The van der Waals surface area contributed by atoms with Gasteiger partial charge in [0.25, 0.3) is 5.91 Å². The summed E-state index contributed by atoms with van der Waals surface area (Å²) in [7, 11) is -3.55. The molecule has 1 aliphatic heterocycles. The molecule has 1 amide bonds. The number of carbonyl (C=O) groups is 1. The summed E-state index contributed by atoms with van der Waals surface area (Å²) in [5, 5.41) is 4.61. The number of benzene rings is 1. The summed E-state index contributed by atoms with van der Waals surface area (Å²) >= 11 is 3.05. The first-order chi connectivity index (χ1) is 15.0. The molecule has 0 radical (unpaired) electrons. The number of hydrogen-bond acceptors (Lipinski definition) is 6. The predicted molar refractivity (Wildman–Crippen MR) is 123 cm³/mol. The largest absolute Gasteiger partial charge is 0.335 e. The Labute approximate surface area is 190 Å². The first kappa shape index (κ1) is 20.8. The van der Waals surface area contributed by atoms with E-state index in [0.29, 0.717) is 36.8 Å². The highest BCUT2D eigenvalue weighted by molar-refractivity contribution is 7.89. The molecule has 1 aromatic carbocycles. The summed E-state index contributed by atoms with van der Waals surface area (Å²) in [5.74, 6) is -0.134. The summed E-state index contributed by atoms with van der Waals surface area (Å²) in [6, 6.07) is 9.50. The highest BCUT2D eigenvalue weighted by Gasteiger charge is 2.31. The van der Waals surface area contributed by atoms with Gasteiger partial charge in [-0.2, -0.15) is 4.31 Å². The number of thiazole rings is 1. The number of amides is 1. The lowest BCUT2D eigenvalue weighted by Gasteiger charge is -2.33. The van der Waals surface area contributed by atoms with E-state index in [1.54, 1.807) is 27.7 Å². The molecule has 31 heavy (non-hydrogen) atoms. The lowest BCUT2D eigenvalue weighted by Crippen LogP contribution is -2.50. The van der Waals surface area contributed by atoms with Crippen molar-refractivity contribution in [2.75, 3.05) is 26.2 Å². The second-order valence-electron chi connectivity index (χ2n) is 7.85. The zero-order valence-corrected chi connectivity index (χ0v) is 19.4. The van der Waals surface area contributed by atoms with Crippen LogP contribution in [0, 0.1) is 0 Å². The summed E-state index contributed by atoms with van der Waals surface area (Å²) in [4.78, 5) is 20.5. The molecule has 5 rings (SSSR count). The maximum absolute atomic E-state index is 13.2. The summed E-state index contributed by atoms with van der Waals surface area (Å²) in [6.07, 6.45) is 4.26. The third-order valence-electron chi connectivity index (χ3n) is 5.94. The van der Waals surface area contributed by atoms with Gasteiger partial charge in [-0.05, 0) is 60.4 Å². The average Bonchev–Trinajstić information content (AvgIpc) is 3.50. The second kappa shape index (κ2) is 8.46. The number of thiophene rings is 1. The highest BCUT2D eigenvalue weighted by Crippen LogP contribution is 2.29. The van der Waals surface area contributed by atoms with Crippen LogP contribution in [-0.4, -0.2) is 54.7 Å². The summed E-state index contributed by atoms with van der Waals surface area (Å²) < 4.78 is 27.8. The smallest absolute Gasteiger partial charge is 0.273 e. The van der Waals surface area contributed by atoms with E-state index >= 15 is 0 Å². The molecule has 2 aromatic heterocycles. The maximum Gasteiger partial charge on any atom is 0.273 e. The Hall–Kier alpha value is -2.07. The van der Waals surface area contributed by atoms with Gasteiger partial charge in [-0.15, -0.1) is 22.7 Å². The maximum atomic E-state index is 13.2. The first-order valence-corrected chi connectivity index (χ1v) is 13.6. The fraction of sp³-hybridized carbons (Fsp3) is 0.364. The number of nitrogens with zero attached hydrogens (tertiary/aromatic N) is 3. The normalized spacial score (nSPS) is 17.5. The van der Waals surface area contributed by atoms with Crippen molar-refractivity contribution in [1.29, 1.82) is 0 Å². The van der Waals surface area contributed by atoms with Crippen LogP contribution in [0.25, 0.3) is 9.88 Å². The van der Waals surface area contributed by atoms with Gasteiger partial charge in [0.15, 0.2) is 0 Å². The fourth-order valence-electron chi connectivity index (χ4n) is 4.20. The summed E-state index contributed by atoms with van der Waals surface area (Å²) in [6.45, 7) is 1.34. The van der Waals surface area contributed by atoms with Crippen molar-refractivity contribution in [2.24, 2.45) is 0 Å². The van der Waals surface area contributed by atoms with E-state index in [4.69, 9.17) is 0 Å². The van der Waals surface area contributed by atoms with Crippen LogP contribution in [0.1, 0.15) is 34.5 Å². The highest BCUT2D eigenvalue weighted by atomic mass is 32.2. The Kier molecular flexibility index (Phi) is 5.68. The van der Waals surface area contributed by atoms with Crippen LogP contribution < -0.4 is 0 Å². The van der Waals surface area contributed by atoms with Crippen molar-refractivity contribution in [2.45, 2.75) is 30.6 Å². The van der Waals surface area contributed by atoms with E-state index in [0.717, 1.165) is 34.7 Å². The molecular formula is C22H23N3O3S3. The van der Waals surface area contributed by atoms with Gasteiger partial charge < -0.3 is 4.90 Å². The topological polar surface area (TPSA) is 70.6 Å². The van der Waals surface area contributed by atoms with Crippen LogP contribution in [0.2, 0.25) is 0 Å². The fourth-order valence-corrected chi connectivity index (χ4v) is 7.28. The molecule has 162 valence electrons. The van der Waals surface area contributed by atoms with E-state index in [1.807, 2.05) is 29.6 Å². The zero-order chi connectivity index (χ0) is 21.4. The van der Waals surface area contributed by atoms with E-state index in [-0.39, 0.29) is 5.91 Å². The van der Waals surface area contributed by atoms with Gasteiger partial charge in [0.2, 0.25) is 10.0 Å². The van der Waals surface area contributed by atoms with Crippen molar-refractivity contribution in [3.05, 3.63) is 57.9 Å². The Bertz CT molecular complexity index is 1190.